The van der Waals surface area contributed by atoms with Crippen LogP contribution in [0.15, 0.2) is 22.7 Å². The van der Waals surface area contributed by atoms with Gasteiger partial charge < -0.3 is 15.2 Å². The first-order chi connectivity index (χ1) is 10.2. The summed E-state index contributed by atoms with van der Waals surface area (Å²) in [6, 6.07) is 5.67. The number of hydrogen-bond donors (Lipinski definition) is 2. The Morgan fingerprint density at radius 1 is 1.24 bits per heavy atom. The number of nitrogens with zero attached hydrogens (tertiary/aromatic N) is 1. The summed E-state index contributed by atoms with van der Waals surface area (Å²) >= 11 is 3.58. The number of nitrogen functional groups attached to an aromatic ring is 1. The Morgan fingerprint density at radius 2 is 2.00 bits per heavy atom. The second kappa shape index (κ2) is 5.97. The van der Waals surface area contributed by atoms with E-state index in [1.165, 1.54) is 12.8 Å². The van der Waals surface area contributed by atoms with Crippen LogP contribution in [0.5, 0.6) is 11.5 Å². The molecule has 1 aromatic heterocycles. The highest BCUT2D eigenvalue weighted by Gasteiger charge is 2.20. The van der Waals surface area contributed by atoms with Crippen LogP contribution in [0, 0.1) is 0 Å². The number of nitrogens with two attached hydrogens (primary N) is 1. The fraction of sp³-hybridized carbons (Fsp3) is 0.400. The van der Waals surface area contributed by atoms with Gasteiger partial charge in [-0.1, -0.05) is 0 Å². The first-order valence-electron chi connectivity index (χ1n) is 7.03. The van der Waals surface area contributed by atoms with E-state index in [1.54, 1.807) is 13.2 Å². The molecule has 0 bridgehead atoms. The highest BCUT2D eigenvalue weighted by molar-refractivity contribution is 9.10. The number of hydrogen-bond acceptors (Lipinski definition) is 4. The summed E-state index contributed by atoms with van der Waals surface area (Å²) < 4.78 is 12.5. The predicted molar refractivity (Wildman–Crippen MR) is 85.6 cm³/mol. The van der Waals surface area contributed by atoms with Crippen molar-refractivity contribution in [1.82, 2.24) is 10.2 Å². The quantitative estimate of drug-likeness (QED) is 0.879. The second-order valence-electron chi connectivity index (χ2n) is 5.21. The van der Waals surface area contributed by atoms with Crippen LogP contribution in [0.2, 0.25) is 0 Å². The van der Waals surface area contributed by atoms with E-state index in [9.17, 15) is 0 Å². The highest BCUT2D eigenvalue weighted by Crippen LogP contribution is 2.39. The van der Waals surface area contributed by atoms with Gasteiger partial charge in [-0.3, -0.25) is 5.10 Å². The molecule has 1 saturated carbocycles. The molecule has 3 N–H and O–H groups in total. The molecule has 1 aliphatic rings. The molecule has 5 nitrogen and oxygen atoms in total. The van der Waals surface area contributed by atoms with Gasteiger partial charge in [0.05, 0.1) is 18.9 Å². The lowest BCUT2D eigenvalue weighted by Gasteiger charge is -2.17. The van der Waals surface area contributed by atoms with E-state index >= 15 is 0 Å². The van der Waals surface area contributed by atoms with E-state index in [1.807, 2.05) is 12.1 Å². The zero-order valence-electron chi connectivity index (χ0n) is 11.9. The Hall–Kier alpha value is -1.69. The van der Waals surface area contributed by atoms with Gasteiger partial charge in [-0.2, -0.15) is 5.10 Å². The molecule has 6 heteroatoms. The van der Waals surface area contributed by atoms with Crippen molar-refractivity contribution in [2.45, 2.75) is 31.8 Å². The molecule has 0 saturated heterocycles. The molecule has 1 aliphatic carbocycles. The van der Waals surface area contributed by atoms with Gasteiger partial charge in [-0.05, 0) is 53.7 Å². The van der Waals surface area contributed by atoms with Crippen molar-refractivity contribution in [3.63, 3.8) is 0 Å². The topological polar surface area (TPSA) is 73.2 Å². The van der Waals surface area contributed by atoms with Crippen molar-refractivity contribution < 1.29 is 9.47 Å². The number of rotatable bonds is 4. The van der Waals surface area contributed by atoms with Crippen LogP contribution in [0.4, 0.5) is 5.82 Å². The van der Waals surface area contributed by atoms with Gasteiger partial charge in [0.2, 0.25) is 0 Å². The zero-order chi connectivity index (χ0) is 14.8. The second-order valence-corrected chi connectivity index (χ2v) is 6.07. The molecule has 0 unspecified atom stereocenters. The summed E-state index contributed by atoms with van der Waals surface area (Å²) in [4.78, 5) is 0. The monoisotopic (exact) mass is 351 g/mol. The predicted octanol–water partition coefficient (Wildman–Crippen LogP) is 3.75. The first-order valence-corrected chi connectivity index (χ1v) is 7.82. The molecule has 0 radical (unpaired) electrons. The van der Waals surface area contributed by atoms with Gasteiger partial charge in [-0.15, -0.1) is 0 Å². The van der Waals surface area contributed by atoms with Gasteiger partial charge in [0, 0.05) is 16.1 Å². The molecular formula is C15H18BrN3O2. The number of halogens is 1. The molecule has 1 aromatic carbocycles. The van der Waals surface area contributed by atoms with E-state index in [-0.39, 0.29) is 0 Å². The standard InChI is InChI=1S/C15H18BrN3O2/c1-20-13-6-10(12-8-15(17)19-18-12)11(16)7-14(13)21-9-4-2-3-5-9/h6-9H,2-5H2,1H3,(H3,17,18,19). The summed E-state index contributed by atoms with van der Waals surface area (Å²) in [7, 11) is 1.65. The zero-order valence-corrected chi connectivity index (χ0v) is 13.4. The number of nitrogens with one attached hydrogen (secondary N) is 1. The number of anilines is 1. The van der Waals surface area contributed by atoms with Gasteiger partial charge in [0.15, 0.2) is 11.5 Å². The number of benzene rings is 1. The van der Waals surface area contributed by atoms with Crippen molar-refractivity contribution in [3.05, 3.63) is 22.7 Å². The summed E-state index contributed by atoms with van der Waals surface area (Å²) in [6.07, 6.45) is 4.98. The Balaban J connectivity index is 1.93. The number of ether oxygens (including phenoxy) is 2. The lowest BCUT2D eigenvalue weighted by atomic mass is 10.1. The van der Waals surface area contributed by atoms with Gasteiger partial charge in [0.1, 0.15) is 5.82 Å². The van der Waals surface area contributed by atoms with E-state index in [0.717, 1.165) is 34.3 Å². The molecular weight excluding hydrogens is 334 g/mol. The maximum atomic E-state index is 6.07. The third-order valence-corrected chi connectivity index (χ3v) is 4.39. The van der Waals surface area contributed by atoms with E-state index in [0.29, 0.717) is 17.7 Å². The van der Waals surface area contributed by atoms with Gasteiger partial charge in [0.25, 0.3) is 0 Å². The van der Waals surface area contributed by atoms with Crippen LogP contribution >= 0.6 is 15.9 Å². The number of methoxy groups -OCH3 is 1. The van der Waals surface area contributed by atoms with Crippen LogP contribution < -0.4 is 15.2 Å². The minimum absolute atomic E-state index is 0.291. The minimum Gasteiger partial charge on any atom is -0.493 e. The Morgan fingerprint density at radius 3 is 2.62 bits per heavy atom. The summed E-state index contributed by atoms with van der Waals surface area (Å²) in [5.41, 5.74) is 7.44. The van der Waals surface area contributed by atoms with Crippen molar-refractivity contribution in [2.24, 2.45) is 0 Å². The Labute approximate surface area is 132 Å². The van der Waals surface area contributed by atoms with E-state index in [4.69, 9.17) is 15.2 Å². The molecule has 3 rings (SSSR count). The molecule has 0 aliphatic heterocycles. The Kier molecular flexibility index (Phi) is 4.05. The third kappa shape index (κ3) is 3.00. The molecule has 21 heavy (non-hydrogen) atoms. The number of aromatic nitrogens is 2. The van der Waals surface area contributed by atoms with Crippen molar-refractivity contribution in [2.75, 3.05) is 12.8 Å². The average molecular weight is 352 g/mol. The Bertz CT molecular complexity index is 636. The fourth-order valence-electron chi connectivity index (χ4n) is 2.65. The molecule has 112 valence electrons. The third-order valence-electron chi connectivity index (χ3n) is 3.74. The average Bonchev–Trinajstić information content (AvgIpc) is 3.11. The summed E-state index contributed by atoms with van der Waals surface area (Å²) in [5.74, 6) is 1.95. The fourth-order valence-corrected chi connectivity index (χ4v) is 3.19. The molecule has 2 aromatic rings. The maximum Gasteiger partial charge on any atom is 0.162 e. The number of aromatic amines is 1. The van der Waals surface area contributed by atoms with Crippen LogP contribution in [0.25, 0.3) is 11.3 Å². The van der Waals surface area contributed by atoms with Crippen LogP contribution in [0.3, 0.4) is 0 Å². The highest BCUT2D eigenvalue weighted by atomic mass is 79.9. The normalized spacial score (nSPS) is 15.3. The summed E-state index contributed by atoms with van der Waals surface area (Å²) in [6.45, 7) is 0. The molecule has 0 spiro atoms. The smallest absolute Gasteiger partial charge is 0.162 e. The van der Waals surface area contributed by atoms with Crippen LogP contribution in [-0.4, -0.2) is 23.4 Å². The van der Waals surface area contributed by atoms with Gasteiger partial charge >= 0.3 is 0 Å². The number of H-pyrrole nitrogens is 1. The molecule has 0 amide bonds. The van der Waals surface area contributed by atoms with Crippen LogP contribution in [0.1, 0.15) is 25.7 Å². The largest absolute Gasteiger partial charge is 0.493 e. The minimum atomic E-state index is 0.291. The first kappa shape index (κ1) is 14.3. The van der Waals surface area contributed by atoms with Gasteiger partial charge in [-0.25, -0.2) is 0 Å². The lowest BCUT2D eigenvalue weighted by Crippen LogP contribution is -2.11. The molecule has 1 fully saturated rings. The van der Waals surface area contributed by atoms with Crippen LogP contribution in [-0.2, 0) is 0 Å². The van der Waals surface area contributed by atoms with Crippen molar-refractivity contribution in [3.8, 4) is 22.8 Å². The van der Waals surface area contributed by atoms with Crippen molar-refractivity contribution >= 4 is 21.7 Å². The van der Waals surface area contributed by atoms with E-state index in [2.05, 4.69) is 26.1 Å². The van der Waals surface area contributed by atoms with E-state index < -0.39 is 0 Å². The lowest BCUT2D eigenvalue weighted by molar-refractivity contribution is 0.200. The summed E-state index contributed by atoms with van der Waals surface area (Å²) in [5, 5.41) is 6.86. The molecule has 0 atom stereocenters. The van der Waals surface area contributed by atoms with Crippen molar-refractivity contribution in [1.29, 1.82) is 0 Å². The molecule has 1 heterocycles. The SMILES string of the molecule is COc1cc(-c2cc(N)n[nH]2)c(Br)cc1OC1CCCC1. The maximum absolute atomic E-state index is 6.07.